The number of alkyl halides is 3. The van der Waals surface area contributed by atoms with Crippen LogP contribution in [0.2, 0.25) is 0 Å². The summed E-state index contributed by atoms with van der Waals surface area (Å²) in [6.45, 7) is 3.74. The van der Waals surface area contributed by atoms with E-state index in [1.807, 2.05) is 0 Å². The topological polar surface area (TPSA) is 61.0 Å². The average Bonchev–Trinajstić information content (AvgIpc) is 2.27. The van der Waals surface area contributed by atoms with Crippen molar-refractivity contribution in [3.63, 3.8) is 0 Å². The van der Waals surface area contributed by atoms with E-state index >= 15 is 0 Å². The lowest BCUT2D eigenvalue weighted by Gasteiger charge is -2.13. The van der Waals surface area contributed by atoms with E-state index in [1.54, 1.807) is 13.8 Å². The normalized spacial score (nSPS) is 13.5. The molecule has 0 fully saturated rings. The molecule has 0 bridgehead atoms. The number of ether oxygens (including phenoxy) is 1. The van der Waals surface area contributed by atoms with Crippen molar-refractivity contribution in [1.82, 2.24) is 9.97 Å². The molecule has 1 heterocycles. The van der Waals surface area contributed by atoms with Crippen LogP contribution in [0.4, 0.5) is 13.2 Å². The van der Waals surface area contributed by atoms with E-state index in [1.165, 1.54) is 0 Å². The van der Waals surface area contributed by atoms with Crippen LogP contribution in [0.3, 0.4) is 0 Å². The smallest absolute Gasteiger partial charge is 0.433 e. The molecule has 17 heavy (non-hydrogen) atoms. The van der Waals surface area contributed by atoms with Gasteiger partial charge in [-0.05, 0) is 6.92 Å². The van der Waals surface area contributed by atoms with Crippen molar-refractivity contribution in [2.45, 2.75) is 25.9 Å². The van der Waals surface area contributed by atoms with Gasteiger partial charge in [-0.15, -0.1) is 0 Å². The van der Waals surface area contributed by atoms with Crippen LogP contribution in [0, 0.1) is 0 Å². The van der Waals surface area contributed by atoms with Gasteiger partial charge in [-0.1, -0.05) is 6.92 Å². The summed E-state index contributed by atoms with van der Waals surface area (Å²) in [5, 5.41) is 0. The van der Waals surface area contributed by atoms with Gasteiger partial charge >= 0.3 is 6.18 Å². The Labute approximate surface area is 97.0 Å². The van der Waals surface area contributed by atoms with Crippen LogP contribution in [0.5, 0.6) is 5.88 Å². The minimum Gasteiger partial charge on any atom is -0.478 e. The van der Waals surface area contributed by atoms with Crippen molar-refractivity contribution in [3.05, 3.63) is 17.6 Å². The molecule has 0 amide bonds. The van der Waals surface area contributed by atoms with Crippen molar-refractivity contribution in [2.75, 3.05) is 13.2 Å². The Morgan fingerprint density at radius 2 is 2.06 bits per heavy atom. The number of hydrogen-bond acceptors (Lipinski definition) is 4. The number of rotatable bonds is 4. The zero-order valence-electron chi connectivity index (χ0n) is 9.58. The van der Waals surface area contributed by atoms with Gasteiger partial charge in [0.2, 0.25) is 5.88 Å². The van der Waals surface area contributed by atoms with Crippen LogP contribution >= 0.6 is 0 Å². The van der Waals surface area contributed by atoms with E-state index in [2.05, 4.69) is 9.97 Å². The molecule has 1 unspecified atom stereocenters. The number of aromatic nitrogens is 2. The van der Waals surface area contributed by atoms with E-state index in [0.29, 0.717) is 0 Å². The summed E-state index contributed by atoms with van der Waals surface area (Å²) >= 11 is 0. The number of nitrogens with zero attached hydrogens (tertiary/aromatic N) is 2. The lowest BCUT2D eigenvalue weighted by atomic mass is 10.1. The molecule has 0 aliphatic heterocycles. The van der Waals surface area contributed by atoms with Gasteiger partial charge in [0.1, 0.15) is 5.82 Å². The first kappa shape index (κ1) is 13.7. The molecule has 96 valence electrons. The number of hydrogen-bond donors (Lipinski definition) is 1. The molecular weight excluding hydrogens is 235 g/mol. The molecule has 7 heteroatoms. The third kappa shape index (κ3) is 3.55. The molecule has 0 aliphatic carbocycles. The monoisotopic (exact) mass is 249 g/mol. The largest absolute Gasteiger partial charge is 0.478 e. The first-order valence-electron chi connectivity index (χ1n) is 5.17. The lowest BCUT2D eigenvalue weighted by molar-refractivity contribution is -0.141. The van der Waals surface area contributed by atoms with Crippen molar-refractivity contribution in [3.8, 4) is 5.88 Å². The quantitative estimate of drug-likeness (QED) is 0.886. The van der Waals surface area contributed by atoms with Gasteiger partial charge in [0.05, 0.1) is 6.61 Å². The molecule has 0 radical (unpaired) electrons. The Bertz CT molecular complexity index is 382. The summed E-state index contributed by atoms with van der Waals surface area (Å²) < 4.78 is 42.7. The zero-order valence-corrected chi connectivity index (χ0v) is 9.58. The van der Waals surface area contributed by atoms with Crippen molar-refractivity contribution >= 4 is 0 Å². The molecule has 4 nitrogen and oxygen atoms in total. The van der Waals surface area contributed by atoms with E-state index in [0.717, 1.165) is 6.07 Å². The van der Waals surface area contributed by atoms with Crippen LogP contribution in [0.15, 0.2) is 6.07 Å². The van der Waals surface area contributed by atoms with Gasteiger partial charge in [-0.3, -0.25) is 0 Å². The average molecular weight is 249 g/mol. The predicted molar refractivity (Wildman–Crippen MR) is 55.7 cm³/mol. The van der Waals surface area contributed by atoms with Gasteiger partial charge in [0, 0.05) is 18.5 Å². The van der Waals surface area contributed by atoms with Gasteiger partial charge in [0.25, 0.3) is 0 Å². The van der Waals surface area contributed by atoms with E-state index in [4.69, 9.17) is 10.5 Å². The molecule has 0 aromatic carbocycles. The Morgan fingerprint density at radius 3 is 2.53 bits per heavy atom. The third-order valence-corrected chi connectivity index (χ3v) is 2.10. The molecule has 0 saturated heterocycles. The van der Waals surface area contributed by atoms with Gasteiger partial charge in [-0.25, -0.2) is 4.98 Å². The second kappa shape index (κ2) is 5.31. The summed E-state index contributed by atoms with van der Waals surface area (Å²) in [7, 11) is 0. The second-order valence-corrected chi connectivity index (χ2v) is 3.52. The minimum atomic E-state index is -4.52. The predicted octanol–water partition coefficient (Wildman–Crippen LogP) is 1.96. The van der Waals surface area contributed by atoms with Crippen molar-refractivity contribution in [2.24, 2.45) is 5.73 Å². The fraction of sp³-hybridized carbons (Fsp3) is 0.600. The van der Waals surface area contributed by atoms with Gasteiger partial charge < -0.3 is 10.5 Å². The highest BCUT2D eigenvalue weighted by atomic mass is 19.4. The molecule has 0 saturated carbocycles. The van der Waals surface area contributed by atoms with Crippen molar-refractivity contribution in [1.29, 1.82) is 0 Å². The third-order valence-electron chi connectivity index (χ3n) is 2.10. The van der Waals surface area contributed by atoms with E-state index < -0.39 is 11.9 Å². The molecule has 1 aromatic heterocycles. The molecule has 1 aromatic rings. The molecule has 1 atom stereocenters. The maximum absolute atomic E-state index is 12.6. The van der Waals surface area contributed by atoms with Gasteiger partial charge in [-0.2, -0.15) is 18.2 Å². The number of halogens is 3. The molecule has 2 N–H and O–H groups in total. The summed E-state index contributed by atoms with van der Waals surface area (Å²) in [6.07, 6.45) is -4.52. The highest BCUT2D eigenvalue weighted by molar-refractivity contribution is 5.20. The fourth-order valence-corrected chi connectivity index (χ4v) is 1.14. The Morgan fingerprint density at radius 1 is 1.41 bits per heavy atom. The van der Waals surface area contributed by atoms with Crippen LogP contribution in [0.1, 0.15) is 31.3 Å². The van der Waals surface area contributed by atoms with Gasteiger partial charge in [0.15, 0.2) is 5.69 Å². The second-order valence-electron chi connectivity index (χ2n) is 3.52. The first-order valence-corrected chi connectivity index (χ1v) is 5.17. The maximum atomic E-state index is 12.6. The molecular formula is C10H14F3N3O. The molecule has 0 aliphatic rings. The van der Waals surface area contributed by atoms with Crippen LogP contribution in [-0.4, -0.2) is 23.1 Å². The standard InChI is InChI=1S/C10H14F3N3O/c1-3-17-8-4-7(10(11,12)13)15-9(16-8)6(2)5-14/h4,6H,3,5,14H2,1-2H3. The highest BCUT2D eigenvalue weighted by Crippen LogP contribution is 2.30. The maximum Gasteiger partial charge on any atom is 0.433 e. The zero-order chi connectivity index (χ0) is 13.1. The van der Waals surface area contributed by atoms with Crippen molar-refractivity contribution < 1.29 is 17.9 Å². The summed E-state index contributed by atoms with van der Waals surface area (Å²) in [5.74, 6) is -0.382. The SMILES string of the molecule is CCOc1cc(C(F)(F)F)nc(C(C)CN)n1. The van der Waals surface area contributed by atoms with Crippen LogP contribution in [0.25, 0.3) is 0 Å². The van der Waals surface area contributed by atoms with Crippen LogP contribution < -0.4 is 10.5 Å². The lowest BCUT2D eigenvalue weighted by Crippen LogP contribution is -2.17. The summed E-state index contributed by atoms with van der Waals surface area (Å²) in [5.41, 5.74) is 4.38. The summed E-state index contributed by atoms with van der Waals surface area (Å²) in [4.78, 5) is 7.36. The molecule has 1 rings (SSSR count). The highest BCUT2D eigenvalue weighted by Gasteiger charge is 2.34. The number of nitrogens with two attached hydrogens (primary N) is 1. The van der Waals surface area contributed by atoms with E-state index in [9.17, 15) is 13.2 Å². The fourth-order valence-electron chi connectivity index (χ4n) is 1.14. The first-order chi connectivity index (χ1) is 7.88. The summed E-state index contributed by atoms with van der Waals surface area (Å²) in [6, 6.07) is 0.788. The molecule has 0 spiro atoms. The Balaban J connectivity index is 3.18. The Kier molecular flexibility index (Phi) is 4.28. The minimum absolute atomic E-state index is 0.0470. The Hall–Kier alpha value is -1.37. The van der Waals surface area contributed by atoms with E-state index in [-0.39, 0.29) is 30.8 Å². The van der Waals surface area contributed by atoms with Crippen LogP contribution in [-0.2, 0) is 6.18 Å².